The minimum atomic E-state index is -0.332. The Hall–Kier alpha value is -1.10. The fourth-order valence-electron chi connectivity index (χ4n) is 2.53. The Balaban J connectivity index is 2.61. The van der Waals surface area contributed by atoms with Gasteiger partial charge in [0, 0.05) is 32.7 Å². The van der Waals surface area contributed by atoms with Gasteiger partial charge in [-0.05, 0) is 25.8 Å². The first-order chi connectivity index (χ1) is 9.63. The summed E-state index contributed by atoms with van der Waals surface area (Å²) in [6.07, 6.45) is 3.00. The summed E-state index contributed by atoms with van der Waals surface area (Å²) in [7, 11) is 0. The van der Waals surface area contributed by atoms with Crippen molar-refractivity contribution in [3.05, 3.63) is 0 Å². The molecule has 0 aromatic heterocycles. The largest absolute Gasteiger partial charge is 0.334 e. The Morgan fingerprint density at radius 3 is 2.45 bits per heavy atom. The number of nitrogens with zero attached hydrogens (tertiary/aromatic N) is 2. The first kappa shape index (κ1) is 17.0. The molecule has 0 bridgehead atoms. The molecule has 1 aliphatic rings. The summed E-state index contributed by atoms with van der Waals surface area (Å²) in [5, 5.41) is 3.25. The molecule has 0 aliphatic carbocycles. The van der Waals surface area contributed by atoms with Gasteiger partial charge in [-0.2, -0.15) is 0 Å². The molecule has 0 spiro atoms. The number of carbonyl (C=O) groups is 2. The first-order valence-corrected chi connectivity index (χ1v) is 7.92. The van der Waals surface area contributed by atoms with Gasteiger partial charge in [-0.15, -0.1) is 0 Å². The lowest BCUT2D eigenvalue weighted by Crippen LogP contribution is -2.47. The highest BCUT2D eigenvalue weighted by Gasteiger charge is 2.27. The molecule has 2 amide bonds. The molecule has 1 fully saturated rings. The van der Waals surface area contributed by atoms with E-state index >= 15 is 0 Å². The highest BCUT2D eigenvalue weighted by Crippen LogP contribution is 2.11. The molecule has 0 atom stereocenters. The van der Waals surface area contributed by atoms with E-state index in [4.69, 9.17) is 0 Å². The van der Waals surface area contributed by atoms with Gasteiger partial charge in [0.05, 0.1) is 0 Å². The lowest BCUT2D eigenvalue weighted by molar-refractivity contribution is -0.152. The molecule has 116 valence electrons. The van der Waals surface area contributed by atoms with E-state index in [0.29, 0.717) is 32.1 Å². The van der Waals surface area contributed by atoms with Crippen LogP contribution >= 0.6 is 0 Å². The summed E-state index contributed by atoms with van der Waals surface area (Å²) in [5.41, 5.74) is 0. The maximum Gasteiger partial charge on any atom is 0.312 e. The van der Waals surface area contributed by atoms with Crippen molar-refractivity contribution in [1.82, 2.24) is 15.1 Å². The molecule has 0 saturated carbocycles. The molecule has 1 aliphatic heterocycles. The topological polar surface area (TPSA) is 52.7 Å². The normalized spacial score (nSPS) is 16.1. The molecular formula is C15H29N3O2. The minimum Gasteiger partial charge on any atom is -0.334 e. The summed E-state index contributed by atoms with van der Waals surface area (Å²) in [4.78, 5) is 28.1. The summed E-state index contributed by atoms with van der Waals surface area (Å²) >= 11 is 0. The summed E-state index contributed by atoms with van der Waals surface area (Å²) in [6.45, 7) is 10.5. The Labute approximate surface area is 122 Å². The first-order valence-electron chi connectivity index (χ1n) is 7.92. The van der Waals surface area contributed by atoms with Crippen molar-refractivity contribution < 1.29 is 9.59 Å². The Kier molecular flexibility index (Phi) is 7.59. The van der Waals surface area contributed by atoms with Crippen LogP contribution in [0.1, 0.15) is 40.0 Å². The maximum atomic E-state index is 12.4. The average molecular weight is 283 g/mol. The lowest BCUT2D eigenvalue weighted by Gasteiger charge is -2.27. The van der Waals surface area contributed by atoms with Crippen molar-refractivity contribution in [2.24, 2.45) is 5.92 Å². The molecule has 1 rings (SSSR count). The van der Waals surface area contributed by atoms with Crippen molar-refractivity contribution in [3.63, 3.8) is 0 Å². The van der Waals surface area contributed by atoms with Crippen LogP contribution in [0.4, 0.5) is 0 Å². The molecule has 5 heteroatoms. The predicted octanol–water partition coefficient (Wildman–Crippen LogP) is 1.09. The van der Waals surface area contributed by atoms with Crippen LogP contribution in [-0.2, 0) is 9.59 Å². The van der Waals surface area contributed by atoms with Crippen molar-refractivity contribution in [2.75, 3.05) is 39.3 Å². The number of carbonyl (C=O) groups excluding carboxylic acids is 2. The maximum absolute atomic E-state index is 12.4. The third-order valence-electron chi connectivity index (χ3n) is 4.11. The standard InChI is InChI=1S/C15H29N3O2/c1-4-13(5-2)12-17(6-3)14(19)15(20)18-10-7-8-16-9-11-18/h13,16H,4-12H2,1-3H3. The third-order valence-corrected chi connectivity index (χ3v) is 4.11. The second-order valence-corrected chi connectivity index (χ2v) is 5.42. The third kappa shape index (κ3) is 4.78. The monoisotopic (exact) mass is 283 g/mol. The van der Waals surface area contributed by atoms with Crippen LogP contribution in [0.2, 0.25) is 0 Å². The molecule has 0 unspecified atom stereocenters. The molecule has 1 N–H and O–H groups in total. The zero-order valence-corrected chi connectivity index (χ0v) is 13.2. The predicted molar refractivity (Wildman–Crippen MR) is 80.4 cm³/mol. The van der Waals surface area contributed by atoms with E-state index in [1.807, 2.05) is 6.92 Å². The van der Waals surface area contributed by atoms with Crippen LogP contribution in [0.25, 0.3) is 0 Å². The fraction of sp³-hybridized carbons (Fsp3) is 0.867. The number of rotatable bonds is 5. The van der Waals surface area contributed by atoms with Crippen molar-refractivity contribution in [2.45, 2.75) is 40.0 Å². The highest BCUT2D eigenvalue weighted by molar-refractivity contribution is 6.34. The van der Waals surface area contributed by atoms with Crippen molar-refractivity contribution in [3.8, 4) is 0 Å². The van der Waals surface area contributed by atoms with E-state index in [2.05, 4.69) is 19.2 Å². The fourth-order valence-corrected chi connectivity index (χ4v) is 2.53. The number of nitrogens with one attached hydrogen (secondary N) is 1. The van der Waals surface area contributed by atoms with Gasteiger partial charge in [0.25, 0.3) is 0 Å². The zero-order valence-electron chi connectivity index (χ0n) is 13.2. The van der Waals surface area contributed by atoms with Gasteiger partial charge in [-0.25, -0.2) is 0 Å². The van der Waals surface area contributed by atoms with Crippen LogP contribution in [0, 0.1) is 5.92 Å². The van der Waals surface area contributed by atoms with Crippen LogP contribution in [-0.4, -0.2) is 60.9 Å². The van der Waals surface area contributed by atoms with Crippen molar-refractivity contribution in [1.29, 1.82) is 0 Å². The van der Waals surface area contributed by atoms with Gasteiger partial charge in [0.15, 0.2) is 0 Å². The number of amides is 2. The zero-order chi connectivity index (χ0) is 15.0. The summed E-state index contributed by atoms with van der Waals surface area (Å²) in [5.74, 6) is -0.180. The quantitative estimate of drug-likeness (QED) is 0.769. The summed E-state index contributed by atoms with van der Waals surface area (Å²) in [6, 6.07) is 0. The SMILES string of the molecule is CCC(CC)CN(CC)C(=O)C(=O)N1CCCNCC1. The Morgan fingerprint density at radius 1 is 1.15 bits per heavy atom. The van der Waals surface area contributed by atoms with E-state index in [1.54, 1.807) is 9.80 Å². The number of hydrogen-bond donors (Lipinski definition) is 1. The molecule has 0 aromatic carbocycles. The molecule has 0 radical (unpaired) electrons. The Morgan fingerprint density at radius 2 is 1.85 bits per heavy atom. The molecule has 1 saturated heterocycles. The lowest BCUT2D eigenvalue weighted by atomic mass is 10.0. The molecule has 20 heavy (non-hydrogen) atoms. The Bertz CT molecular complexity index is 308. The van der Waals surface area contributed by atoms with Crippen LogP contribution in [0.15, 0.2) is 0 Å². The van der Waals surface area contributed by atoms with Gasteiger partial charge < -0.3 is 15.1 Å². The molecule has 0 aromatic rings. The molecule has 5 nitrogen and oxygen atoms in total. The minimum absolute atomic E-state index is 0.332. The van der Waals surface area contributed by atoms with E-state index < -0.39 is 0 Å². The van der Waals surface area contributed by atoms with Crippen LogP contribution in [0.3, 0.4) is 0 Å². The van der Waals surface area contributed by atoms with Crippen LogP contribution in [0.5, 0.6) is 0 Å². The van der Waals surface area contributed by atoms with Gasteiger partial charge in [-0.1, -0.05) is 26.7 Å². The average Bonchev–Trinajstić information content (AvgIpc) is 2.76. The smallest absolute Gasteiger partial charge is 0.312 e. The molecular weight excluding hydrogens is 254 g/mol. The second-order valence-electron chi connectivity index (χ2n) is 5.42. The van der Waals surface area contributed by atoms with Gasteiger partial charge in [0.2, 0.25) is 0 Å². The molecule has 1 heterocycles. The number of likely N-dealkylation sites (N-methyl/N-ethyl adjacent to an activating group) is 1. The van der Waals surface area contributed by atoms with E-state index in [-0.39, 0.29) is 11.8 Å². The highest BCUT2D eigenvalue weighted by atomic mass is 16.2. The second kappa shape index (κ2) is 8.95. The van der Waals surface area contributed by atoms with E-state index in [0.717, 1.165) is 32.4 Å². The van der Waals surface area contributed by atoms with Crippen LogP contribution < -0.4 is 5.32 Å². The van der Waals surface area contributed by atoms with Gasteiger partial charge in [0.1, 0.15) is 0 Å². The van der Waals surface area contributed by atoms with Gasteiger partial charge >= 0.3 is 11.8 Å². The van der Waals surface area contributed by atoms with E-state index in [9.17, 15) is 9.59 Å². The van der Waals surface area contributed by atoms with Gasteiger partial charge in [-0.3, -0.25) is 9.59 Å². The number of hydrogen-bond acceptors (Lipinski definition) is 3. The van der Waals surface area contributed by atoms with Crippen molar-refractivity contribution >= 4 is 11.8 Å². The summed E-state index contributed by atoms with van der Waals surface area (Å²) < 4.78 is 0. The van der Waals surface area contributed by atoms with E-state index in [1.165, 1.54) is 0 Å².